The van der Waals surface area contributed by atoms with Crippen LogP contribution < -0.4 is 15.9 Å². The second-order valence-corrected chi connectivity index (χ2v) is 12.6. The van der Waals surface area contributed by atoms with Gasteiger partial charge in [-0.25, -0.2) is 0 Å². The molecule has 0 aliphatic carbocycles. The van der Waals surface area contributed by atoms with E-state index in [1.807, 2.05) is 0 Å². The lowest BCUT2D eigenvalue weighted by atomic mass is 10.0. The van der Waals surface area contributed by atoms with Gasteiger partial charge in [-0.3, -0.25) is 0 Å². The molecule has 0 atom stereocenters. The van der Waals surface area contributed by atoms with Crippen LogP contribution in [0.2, 0.25) is 0 Å². The molecule has 2 nitrogen and oxygen atoms in total. The van der Waals surface area contributed by atoms with Crippen molar-refractivity contribution >= 4 is 23.2 Å². The SMILES string of the molecule is CCC1(CCCCCCC[P+](c2ccccc2)(c2ccccc2)c2ccccc2)OCCO1. The number of ether oxygens (including phenoxy) is 2. The molecule has 3 heteroatoms. The highest BCUT2D eigenvalue weighted by Gasteiger charge is 2.44. The maximum atomic E-state index is 5.89. The first-order valence-electron chi connectivity index (χ1n) is 12.6. The van der Waals surface area contributed by atoms with Crippen LogP contribution in [0.1, 0.15) is 51.9 Å². The van der Waals surface area contributed by atoms with Gasteiger partial charge < -0.3 is 9.47 Å². The molecule has 4 rings (SSSR count). The van der Waals surface area contributed by atoms with Crippen molar-refractivity contribution in [3.63, 3.8) is 0 Å². The summed E-state index contributed by atoms with van der Waals surface area (Å²) in [5, 5.41) is 4.47. The Morgan fingerprint density at radius 2 is 1.03 bits per heavy atom. The molecular formula is C30H38O2P+. The van der Waals surface area contributed by atoms with Crippen molar-refractivity contribution in [1.29, 1.82) is 0 Å². The Kier molecular flexibility index (Phi) is 8.73. The van der Waals surface area contributed by atoms with Gasteiger partial charge in [0, 0.05) is 6.42 Å². The molecular weight excluding hydrogens is 423 g/mol. The lowest BCUT2D eigenvalue weighted by molar-refractivity contribution is -0.164. The average molecular weight is 462 g/mol. The third-order valence-electron chi connectivity index (χ3n) is 6.99. The first-order valence-corrected chi connectivity index (χ1v) is 14.6. The Morgan fingerprint density at radius 1 is 0.606 bits per heavy atom. The van der Waals surface area contributed by atoms with Gasteiger partial charge in [0.2, 0.25) is 0 Å². The summed E-state index contributed by atoms with van der Waals surface area (Å²) >= 11 is 0. The quantitative estimate of drug-likeness (QED) is 0.227. The van der Waals surface area contributed by atoms with E-state index < -0.39 is 7.26 Å². The third-order valence-corrected chi connectivity index (χ3v) is 11.5. The zero-order chi connectivity index (χ0) is 22.8. The summed E-state index contributed by atoms with van der Waals surface area (Å²) in [6.45, 7) is 3.67. The fourth-order valence-electron chi connectivity index (χ4n) is 5.18. The Balaban J connectivity index is 1.45. The van der Waals surface area contributed by atoms with E-state index >= 15 is 0 Å². The molecule has 0 amide bonds. The standard InChI is InChI=1S/C30H38O2P/c1-2-30(31-24-25-32-30)23-15-4-3-5-16-26-33(27-17-9-6-10-18-27,28-19-11-7-12-20-28)29-21-13-8-14-22-29/h6-14,17-22H,2-5,15-16,23-26H2,1H3/q+1. The summed E-state index contributed by atoms with van der Waals surface area (Å²) in [7, 11) is -1.68. The Morgan fingerprint density at radius 3 is 1.48 bits per heavy atom. The molecule has 1 aliphatic rings. The highest BCUT2D eigenvalue weighted by molar-refractivity contribution is 7.95. The summed E-state index contributed by atoms with van der Waals surface area (Å²) in [5.41, 5.74) is 0. The predicted molar refractivity (Wildman–Crippen MR) is 143 cm³/mol. The Labute approximate surface area is 200 Å². The van der Waals surface area contributed by atoms with Gasteiger partial charge in [-0.1, -0.05) is 74.4 Å². The summed E-state index contributed by atoms with van der Waals surface area (Å²) in [6, 6.07) is 33.7. The van der Waals surface area contributed by atoms with Gasteiger partial charge in [-0.2, -0.15) is 0 Å². The first kappa shape index (κ1) is 24.1. The molecule has 0 spiro atoms. The van der Waals surface area contributed by atoms with Crippen molar-refractivity contribution in [3.05, 3.63) is 91.0 Å². The Bertz CT molecular complexity index is 840. The molecule has 174 valence electrons. The highest BCUT2D eigenvalue weighted by Crippen LogP contribution is 2.56. The maximum Gasteiger partial charge on any atom is 0.168 e. The fourth-order valence-corrected chi connectivity index (χ4v) is 9.59. The first-order chi connectivity index (χ1) is 16.3. The molecule has 0 aromatic heterocycles. The van der Waals surface area contributed by atoms with Crippen molar-refractivity contribution in [2.45, 2.75) is 57.7 Å². The number of benzene rings is 3. The van der Waals surface area contributed by atoms with Crippen molar-refractivity contribution < 1.29 is 9.47 Å². The maximum absolute atomic E-state index is 5.89. The van der Waals surface area contributed by atoms with Crippen molar-refractivity contribution in [2.24, 2.45) is 0 Å². The van der Waals surface area contributed by atoms with Gasteiger partial charge in [0.15, 0.2) is 5.79 Å². The van der Waals surface area contributed by atoms with Gasteiger partial charge in [-0.15, -0.1) is 0 Å². The largest absolute Gasteiger partial charge is 0.348 e. The second kappa shape index (κ2) is 11.9. The summed E-state index contributed by atoms with van der Waals surface area (Å²) in [5.74, 6) is -0.297. The van der Waals surface area contributed by atoms with Crippen molar-refractivity contribution in [2.75, 3.05) is 19.4 Å². The lowest BCUT2D eigenvalue weighted by Crippen LogP contribution is -2.33. The number of hydrogen-bond donors (Lipinski definition) is 0. The highest BCUT2D eigenvalue weighted by atomic mass is 31.2. The molecule has 1 aliphatic heterocycles. The fraction of sp³-hybridized carbons (Fsp3) is 0.400. The van der Waals surface area contributed by atoms with E-state index in [4.69, 9.17) is 9.47 Å². The van der Waals surface area contributed by atoms with Crippen molar-refractivity contribution in [3.8, 4) is 0 Å². The van der Waals surface area contributed by atoms with Crippen LogP contribution in [0.15, 0.2) is 91.0 Å². The molecule has 1 heterocycles. The van der Waals surface area contributed by atoms with E-state index in [0.29, 0.717) is 0 Å². The molecule has 1 saturated heterocycles. The monoisotopic (exact) mass is 461 g/mol. The molecule has 1 fully saturated rings. The van der Waals surface area contributed by atoms with Crippen LogP contribution in [0, 0.1) is 0 Å². The number of rotatable bonds is 12. The molecule has 33 heavy (non-hydrogen) atoms. The van der Waals surface area contributed by atoms with Gasteiger partial charge in [0.25, 0.3) is 0 Å². The van der Waals surface area contributed by atoms with Crippen LogP contribution in [-0.2, 0) is 9.47 Å². The van der Waals surface area contributed by atoms with Crippen LogP contribution >= 0.6 is 7.26 Å². The van der Waals surface area contributed by atoms with Crippen molar-refractivity contribution in [1.82, 2.24) is 0 Å². The van der Waals surface area contributed by atoms with Gasteiger partial charge in [0.05, 0.1) is 19.4 Å². The van der Waals surface area contributed by atoms with E-state index in [0.717, 1.165) is 26.1 Å². The van der Waals surface area contributed by atoms with Crippen LogP contribution in [0.5, 0.6) is 0 Å². The summed E-state index contributed by atoms with van der Waals surface area (Å²) in [6.07, 6.45) is 9.43. The molecule has 0 radical (unpaired) electrons. The minimum atomic E-state index is -1.68. The summed E-state index contributed by atoms with van der Waals surface area (Å²) < 4.78 is 11.8. The predicted octanol–water partition coefficient (Wildman–Crippen LogP) is 6.47. The average Bonchev–Trinajstić information content (AvgIpc) is 3.37. The van der Waals surface area contributed by atoms with E-state index in [-0.39, 0.29) is 5.79 Å². The minimum Gasteiger partial charge on any atom is -0.348 e. The number of hydrogen-bond acceptors (Lipinski definition) is 2. The molecule has 3 aromatic carbocycles. The van der Waals surface area contributed by atoms with Crippen LogP contribution in [-0.4, -0.2) is 25.2 Å². The molecule has 0 N–H and O–H groups in total. The number of unbranched alkanes of at least 4 members (excludes halogenated alkanes) is 4. The molecule has 0 unspecified atom stereocenters. The third kappa shape index (κ3) is 5.75. The van der Waals surface area contributed by atoms with E-state index in [2.05, 4.69) is 97.9 Å². The summed E-state index contributed by atoms with van der Waals surface area (Å²) in [4.78, 5) is 0. The normalized spacial score (nSPS) is 15.5. The lowest BCUT2D eigenvalue weighted by Gasteiger charge is -2.28. The van der Waals surface area contributed by atoms with E-state index in [1.165, 1.54) is 54.2 Å². The van der Waals surface area contributed by atoms with Crippen LogP contribution in [0.3, 0.4) is 0 Å². The smallest absolute Gasteiger partial charge is 0.168 e. The Hall–Kier alpha value is -1.99. The minimum absolute atomic E-state index is 0.297. The van der Waals surface area contributed by atoms with E-state index in [9.17, 15) is 0 Å². The molecule has 0 saturated carbocycles. The molecule has 3 aromatic rings. The zero-order valence-electron chi connectivity index (χ0n) is 20.0. The van der Waals surface area contributed by atoms with Gasteiger partial charge in [0.1, 0.15) is 23.2 Å². The zero-order valence-corrected chi connectivity index (χ0v) is 20.9. The van der Waals surface area contributed by atoms with Gasteiger partial charge >= 0.3 is 0 Å². The van der Waals surface area contributed by atoms with E-state index in [1.54, 1.807) is 0 Å². The van der Waals surface area contributed by atoms with Gasteiger partial charge in [-0.05, 0) is 62.1 Å². The topological polar surface area (TPSA) is 18.5 Å². The van der Waals surface area contributed by atoms with Crippen LogP contribution in [0.4, 0.5) is 0 Å². The second-order valence-electron chi connectivity index (χ2n) is 9.02. The van der Waals surface area contributed by atoms with Crippen LogP contribution in [0.25, 0.3) is 0 Å². The molecule has 0 bridgehead atoms.